The van der Waals surface area contributed by atoms with Crippen LogP contribution < -0.4 is 4.72 Å². The fourth-order valence-corrected chi connectivity index (χ4v) is 2.82. The Morgan fingerprint density at radius 2 is 1.78 bits per heavy atom. The summed E-state index contributed by atoms with van der Waals surface area (Å²) in [4.78, 5) is 3.88. The second-order valence-electron chi connectivity index (χ2n) is 3.61. The van der Waals surface area contributed by atoms with Crippen molar-refractivity contribution in [2.45, 2.75) is 11.5 Å². The average Bonchev–Trinajstić information content (AvgIpc) is 2.39. The fraction of sp³-hybridized carbons (Fsp3) is 0.0833. The molecule has 0 spiro atoms. The Kier molecular flexibility index (Phi) is 3.59. The normalized spacial score (nSPS) is 11.2. The number of nitrogens with one attached hydrogen (secondary N) is 1. The Bertz CT molecular complexity index is 627. The van der Waals surface area contributed by atoms with Crippen molar-refractivity contribution in [3.63, 3.8) is 0 Å². The molecule has 0 atom stereocenters. The number of sulfonamides is 1. The van der Waals surface area contributed by atoms with Crippen molar-refractivity contribution in [3.05, 3.63) is 54.4 Å². The van der Waals surface area contributed by atoms with Gasteiger partial charge in [0.1, 0.15) is 0 Å². The van der Waals surface area contributed by atoms with Gasteiger partial charge < -0.3 is 5.11 Å². The minimum Gasteiger partial charge on any atom is -0.392 e. The first-order valence-electron chi connectivity index (χ1n) is 5.25. The maximum Gasteiger partial charge on any atom is 0.262 e. The van der Waals surface area contributed by atoms with Crippen LogP contribution in [0, 0.1) is 0 Å². The van der Waals surface area contributed by atoms with Gasteiger partial charge in [0.15, 0.2) is 0 Å². The summed E-state index contributed by atoms with van der Waals surface area (Å²) in [6.07, 6.45) is 2.99. The van der Waals surface area contributed by atoms with Crippen molar-refractivity contribution in [1.29, 1.82) is 0 Å². The molecule has 0 aliphatic heterocycles. The van der Waals surface area contributed by atoms with E-state index in [0.717, 1.165) is 0 Å². The van der Waals surface area contributed by atoms with E-state index in [0.29, 0.717) is 11.3 Å². The zero-order valence-corrected chi connectivity index (χ0v) is 10.3. The zero-order valence-electron chi connectivity index (χ0n) is 9.45. The summed E-state index contributed by atoms with van der Waals surface area (Å²) in [5.74, 6) is 0. The lowest BCUT2D eigenvalue weighted by molar-refractivity contribution is 0.278. The molecule has 94 valence electrons. The summed E-state index contributed by atoms with van der Waals surface area (Å²) in [7, 11) is -3.69. The highest BCUT2D eigenvalue weighted by Crippen LogP contribution is 2.19. The summed E-state index contributed by atoms with van der Waals surface area (Å²) in [5.41, 5.74) is 0.789. The smallest absolute Gasteiger partial charge is 0.262 e. The Labute approximate surface area is 105 Å². The van der Waals surface area contributed by atoms with E-state index < -0.39 is 10.0 Å². The first-order valence-corrected chi connectivity index (χ1v) is 6.73. The minimum atomic E-state index is -3.69. The number of aliphatic hydroxyl groups excluding tert-OH is 1. The Balaban J connectivity index is 2.37. The number of hydrogen-bond acceptors (Lipinski definition) is 4. The van der Waals surface area contributed by atoms with Crippen LogP contribution in [0.1, 0.15) is 5.56 Å². The molecule has 0 bridgehead atoms. The molecule has 18 heavy (non-hydrogen) atoms. The minimum absolute atomic E-state index is 0.0734. The quantitative estimate of drug-likeness (QED) is 0.874. The summed E-state index contributed by atoms with van der Waals surface area (Å²) in [6.45, 7) is -0.326. The van der Waals surface area contributed by atoms with Crippen molar-refractivity contribution in [2.75, 3.05) is 4.72 Å². The predicted octanol–water partition coefficient (Wildman–Crippen LogP) is 1.37. The molecule has 0 unspecified atom stereocenters. The van der Waals surface area contributed by atoms with Crippen molar-refractivity contribution >= 4 is 15.7 Å². The molecule has 1 heterocycles. The van der Waals surface area contributed by atoms with E-state index in [1.54, 1.807) is 30.3 Å². The van der Waals surface area contributed by atoms with Crippen LogP contribution in [0.4, 0.5) is 5.69 Å². The van der Waals surface area contributed by atoms with Crippen LogP contribution in [0.3, 0.4) is 0 Å². The summed E-state index contributed by atoms with van der Waals surface area (Å²) < 4.78 is 26.7. The van der Waals surface area contributed by atoms with Crippen LogP contribution in [-0.4, -0.2) is 18.5 Å². The van der Waals surface area contributed by atoms with Gasteiger partial charge in [-0.3, -0.25) is 9.71 Å². The fourth-order valence-electron chi connectivity index (χ4n) is 1.53. The van der Waals surface area contributed by atoms with Crippen molar-refractivity contribution in [2.24, 2.45) is 0 Å². The Hall–Kier alpha value is -1.92. The number of benzene rings is 1. The van der Waals surface area contributed by atoms with Gasteiger partial charge in [0.2, 0.25) is 0 Å². The number of anilines is 1. The van der Waals surface area contributed by atoms with Crippen molar-refractivity contribution < 1.29 is 13.5 Å². The van der Waals surface area contributed by atoms with E-state index in [9.17, 15) is 8.42 Å². The highest BCUT2D eigenvalue weighted by molar-refractivity contribution is 7.92. The highest BCUT2D eigenvalue weighted by Gasteiger charge is 2.17. The first kappa shape index (κ1) is 12.5. The molecule has 2 rings (SSSR count). The lowest BCUT2D eigenvalue weighted by atomic mass is 10.2. The van der Waals surface area contributed by atoms with Crippen LogP contribution in [-0.2, 0) is 16.6 Å². The molecule has 6 heteroatoms. The number of hydrogen-bond donors (Lipinski definition) is 2. The van der Waals surface area contributed by atoms with Crippen molar-refractivity contribution in [1.82, 2.24) is 4.98 Å². The lowest BCUT2D eigenvalue weighted by Gasteiger charge is -2.10. The Morgan fingerprint density at radius 1 is 1.11 bits per heavy atom. The second-order valence-corrected chi connectivity index (χ2v) is 5.26. The molecule has 0 aliphatic rings. The van der Waals surface area contributed by atoms with Crippen LogP contribution in [0.25, 0.3) is 0 Å². The summed E-state index contributed by atoms with van der Waals surface area (Å²) in [5, 5.41) is 9.15. The van der Waals surface area contributed by atoms with Gasteiger partial charge in [-0.2, -0.15) is 0 Å². The third kappa shape index (κ3) is 2.66. The van der Waals surface area contributed by atoms with Gasteiger partial charge in [0.05, 0.1) is 17.2 Å². The van der Waals surface area contributed by atoms with Gasteiger partial charge in [-0.1, -0.05) is 18.2 Å². The second kappa shape index (κ2) is 5.16. The number of pyridine rings is 1. The molecule has 2 aromatic rings. The predicted molar refractivity (Wildman–Crippen MR) is 67.4 cm³/mol. The van der Waals surface area contributed by atoms with E-state index >= 15 is 0 Å². The number of aromatic nitrogens is 1. The molecule has 0 saturated heterocycles. The molecule has 0 fully saturated rings. The first-order chi connectivity index (χ1) is 8.63. The third-order valence-corrected chi connectivity index (χ3v) is 3.85. The van der Waals surface area contributed by atoms with Gasteiger partial charge in [-0.15, -0.1) is 0 Å². The molecule has 0 amide bonds. The van der Waals surface area contributed by atoms with Crippen LogP contribution >= 0.6 is 0 Å². The van der Waals surface area contributed by atoms with E-state index in [2.05, 4.69) is 9.71 Å². The van der Waals surface area contributed by atoms with Crippen molar-refractivity contribution in [3.8, 4) is 0 Å². The number of nitrogens with zero attached hydrogens (tertiary/aromatic N) is 1. The monoisotopic (exact) mass is 264 g/mol. The number of aliphatic hydroxyl groups is 1. The van der Waals surface area contributed by atoms with E-state index in [4.69, 9.17) is 5.11 Å². The molecule has 2 N–H and O–H groups in total. The van der Waals surface area contributed by atoms with Gasteiger partial charge in [0.25, 0.3) is 10.0 Å². The van der Waals surface area contributed by atoms with Gasteiger partial charge in [0, 0.05) is 12.4 Å². The number of rotatable bonds is 4. The Morgan fingerprint density at radius 3 is 2.44 bits per heavy atom. The molecule has 0 aliphatic carbocycles. The SMILES string of the molecule is O=S(=O)(Nc1ccncc1)c1ccccc1CO. The standard InChI is InChI=1S/C12H12N2O3S/c15-9-10-3-1-2-4-12(10)18(16,17)14-11-5-7-13-8-6-11/h1-8,15H,9H2,(H,13,14). The largest absolute Gasteiger partial charge is 0.392 e. The molecule has 0 saturated carbocycles. The van der Waals surface area contributed by atoms with Crippen LogP contribution in [0.2, 0.25) is 0 Å². The van der Waals surface area contributed by atoms with Crippen LogP contribution in [0.5, 0.6) is 0 Å². The molecule has 1 aromatic carbocycles. The third-order valence-electron chi connectivity index (χ3n) is 2.37. The summed E-state index contributed by atoms with van der Waals surface area (Å²) in [6, 6.07) is 9.42. The summed E-state index contributed by atoms with van der Waals surface area (Å²) >= 11 is 0. The molecule has 5 nitrogen and oxygen atoms in total. The van der Waals surface area contributed by atoms with E-state index in [1.807, 2.05) is 0 Å². The maximum atomic E-state index is 12.1. The molecular formula is C12H12N2O3S. The highest BCUT2D eigenvalue weighted by atomic mass is 32.2. The van der Waals surface area contributed by atoms with Gasteiger partial charge in [-0.05, 0) is 23.8 Å². The van der Waals surface area contributed by atoms with E-state index in [1.165, 1.54) is 18.5 Å². The molecular weight excluding hydrogens is 252 g/mol. The van der Waals surface area contributed by atoms with Crippen LogP contribution in [0.15, 0.2) is 53.7 Å². The molecule has 1 aromatic heterocycles. The maximum absolute atomic E-state index is 12.1. The van der Waals surface area contributed by atoms with Gasteiger partial charge in [-0.25, -0.2) is 8.42 Å². The average molecular weight is 264 g/mol. The van der Waals surface area contributed by atoms with E-state index in [-0.39, 0.29) is 11.5 Å². The topological polar surface area (TPSA) is 79.3 Å². The lowest BCUT2D eigenvalue weighted by Crippen LogP contribution is -2.15. The zero-order chi connectivity index (χ0) is 13.0. The molecule has 0 radical (unpaired) electrons. The van der Waals surface area contributed by atoms with Gasteiger partial charge >= 0.3 is 0 Å².